The van der Waals surface area contributed by atoms with Crippen molar-refractivity contribution in [3.63, 3.8) is 0 Å². The number of aromatic nitrogens is 1. The van der Waals surface area contributed by atoms with Gasteiger partial charge in [-0.15, -0.1) is 0 Å². The SMILES string of the molecule is O=C1Nc2ccccc2C1=Cn1ccc(C(=O)O)c1. The topological polar surface area (TPSA) is 71.3 Å². The van der Waals surface area contributed by atoms with Crippen LogP contribution in [0, 0.1) is 0 Å². The van der Waals surface area contributed by atoms with Gasteiger partial charge in [0.05, 0.1) is 11.1 Å². The number of para-hydroxylation sites is 1. The number of amides is 1. The van der Waals surface area contributed by atoms with Crippen LogP contribution in [-0.4, -0.2) is 21.6 Å². The average Bonchev–Trinajstić information content (AvgIpc) is 2.96. The lowest BCUT2D eigenvalue weighted by Crippen LogP contribution is -2.04. The van der Waals surface area contributed by atoms with Gasteiger partial charge in [0.1, 0.15) is 0 Å². The van der Waals surface area contributed by atoms with Gasteiger partial charge in [0.25, 0.3) is 5.91 Å². The van der Waals surface area contributed by atoms with Crippen molar-refractivity contribution in [2.45, 2.75) is 0 Å². The van der Waals surface area contributed by atoms with Gasteiger partial charge in [0.2, 0.25) is 0 Å². The summed E-state index contributed by atoms with van der Waals surface area (Å²) < 4.78 is 1.57. The molecule has 5 heteroatoms. The lowest BCUT2D eigenvalue weighted by molar-refractivity contribution is -0.110. The predicted molar refractivity (Wildman–Crippen MR) is 70.6 cm³/mol. The van der Waals surface area contributed by atoms with E-state index in [-0.39, 0.29) is 11.5 Å². The van der Waals surface area contributed by atoms with Gasteiger partial charge in [0, 0.05) is 29.8 Å². The number of rotatable bonds is 2. The molecule has 0 radical (unpaired) electrons. The van der Waals surface area contributed by atoms with Crippen LogP contribution in [0.4, 0.5) is 5.69 Å². The van der Waals surface area contributed by atoms with Gasteiger partial charge in [-0.05, 0) is 12.1 Å². The highest BCUT2D eigenvalue weighted by Gasteiger charge is 2.23. The first-order chi connectivity index (χ1) is 9.15. The van der Waals surface area contributed by atoms with Crippen molar-refractivity contribution >= 4 is 29.3 Å². The minimum atomic E-state index is -0.992. The number of fused-ring (bicyclic) bond motifs is 1. The number of carbonyl (C=O) groups excluding carboxylic acids is 1. The van der Waals surface area contributed by atoms with Gasteiger partial charge in [-0.25, -0.2) is 4.79 Å². The Bertz CT molecular complexity index is 713. The smallest absolute Gasteiger partial charge is 0.337 e. The van der Waals surface area contributed by atoms with Crippen LogP contribution in [0.5, 0.6) is 0 Å². The van der Waals surface area contributed by atoms with E-state index in [9.17, 15) is 9.59 Å². The summed E-state index contributed by atoms with van der Waals surface area (Å²) in [5, 5.41) is 11.6. The predicted octanol–water partition coefficient (Wildman–Crippen LogP) is 2.14. The molecule has 94 valence electrons. The van der Waals surface area contributed by atoms with E-state index in [1.54, 1.807) is 17.0 Å². The Balaban J connectivity index is 2.03. The van der Waals surface area contributed by atoms with E-state index in [4.69, 9.17) is 5.11 Å². The van der Waals surface area contributed by atoms with E-state index >= 15 is 0 Å². The molecule has 0 saturated heterocycles. The molecule has 2 aromatic rings. The monoisotopic (exact) mass is 254 g/mol. The molecule has 0 bridgehead atoms. The number of carboxylic acid groups (broad SMARTS) is 1. The molecule has 0 atom stereocenters. The molecule has 1 aromatic carbocycles. The molecule has 0 saturated carbocycles. The second-order valence-corrected chi connectivity index (χ2v) is 4.20. The molecule has 0 unspecified atom stereocenters. The van der Waals surface area contributed by atoms with Crippen LogP contribution in [0.2, 0.25) is 0 Å². The van der Waals surface area contributed by atoms with Crippen LogP contribution in [0.25, 0.3) is 11.8 Å². The zero-order valence-corrected chi connectivity index (χ0v) is 9.83. The van der Waals surface area contributed by atoms with Crippen molar-refractivity contribution in [3.05, 3.63) is 53.9 Å². The molecule has 1 aliphatic heterocycles. The van der Waals surface area contributed by atoms with E-state index in [2.05, 4.69) is 5.32 Å². The molecule has 1 amide bonds. The van der Waals surface area contributed by atoms with E-state index < -0.39 is 5.97 Å². The quantitative estimate of drug-likeness (QED) is 0.806. The molecule has 2 heterocycles. The molecule has 0 fully saturated rings. The second-order valence-electron chi connectivity index (χ2n) is 4.20. The van der Waals surface area contributed by atoms with Crippen LogP contribution in [0.15, 0.2) is 42.7 Å². The van der Waals surface area contributed by atoms with Gasteiger partial charge in [-0.2, -0.15) is 0 Å². The van der Waals surface area contributed by atoms with Crippen molar-refractivity contribution in [2.24, 2.45) is 0 Å². The third kappa shape index (κ3) is 1.91. The van der Waals surface area contributed by atoms with Crippen molar-refractivity contribution in [3.8, 4) is 0 Å². The summed E-state index contributed by atoms with van der Waals surface area (Å²) in [5.41, 5.74) is 2.29. The van der Waals surface area contributed by atoms with Crippen LogP contribution < -0.4 is 5.32 Å². The zero-order valence-electron chi connectivity index (χ0n) is 9.83. The summed E-state index contributed by atoms with van der Waals surface area (Å²) >= 11 is 0. The molecule has 0 spiro atoms. The fraction of sp³-hybridized carbons (Fsp3) is 0. The van der Waals surface area contributed by atoms with Crippen LogP contribution in [0.3, 0.4) is 0 Å². The molecule has 3 rings (SSSR count). The van der Waals surface area contributed by atoms with Crippen molar-refractivity contribution < 1.29 is 14.7 Å². The van der Waals surface area contributed by atoms with Crippen molar-refractivity contribution in [2.75, 3.05) is 5.32 Å². The number of carboxylic acids is 1. The molecule has 19 heavy (non-hydrogen) atoms. The number of anilines is 1. The summed E-state index contributed by atoms with van der Waals surface area (Å²) in [4.78, 5) is 22.7. The highest BCUT2D eigenvalue weighted by molar-refractivity contribution is 6.34. The van der Waals surface area contributed by atoms with Crippen molar-refractivity contribution in [1.29, 1.82) is 0 Å². The normalized spacial score (nSPS) is 15.4. The van der Waals surface area contributed by atoms with Gasteiger partial charge in [0.15, 0.2) is 0 Å². The van der Waals surface area contributed by atoms with Crippen molar-refractivity contribution in [1.82, 2.24) is 4.57 Å². The first kappa shape index (κ1) is 11.3. The number of carbonyl (C=O) groups is 2. The highest BCUT2D eigenvalue weighted by Crippen LogP contribution is 2.31. The Kier molecular flexibility index (Phi) is 2.45. The summed E-state index contributed by atoms with van der Waals surface area (Å²) in [6.45, 7) is 0. The fourth-order valence-electron chi connectivity index (χ4n) is 2.04. The van der Waals surface area contributed by atoms with Gasteiger partial charge >= 0.3 is 5.97 Å². The Hall–Kier alpha value is -2.82. The average molecular weight is 254 g/mol. The van der Waals surface area contributed by atoms with Crippen LogP contribution >= 0.6 is 0 Å². The van der Waals surface area contributed by atoms with Crippen LogP contribution in [0.1, 0.15) is 15.9 Å². The van der Waals surface area contributed by atoms with Gasteiger partial charge in [-0.1, -0.05) is 18.2 Å². The number of benzene rings is 1. The lowest BCUT2D eigenvalue weighted by atomic mass is 10.1. The minimum absolute atomic E-state index is 0.184. The summed E-state index contributed by atoms with van der Waals surface area (Å²) in [6, 6.07) is 8.86. The van der Waals surface area contributed by atoms with Gasteiger partial charge < -0.3 is 15.0 Å². The number of nitrogens with zero attached hydrogens (tertiary/aromatic N) is 1. The first-order valence-electron chi connectivity index (χ1n) is 5.68. The van der Waals surface area contributed by atoms with Gasteiger partial charge in [-0.3, -0.25) is 4.79 Å². The maximum Gasteiger partial charge on any atom is 0.337 e. The summed E-state index contributed by atoms with van der Waals surface area (Å²) in [7, 11) is 0. The first-order valence-corrected chi connectivity index (χ1v) is 5.68. The number of nitrogens with one attached hydrogen (secondary N) is 1. The van der Waals surface area contributed by atoms with E-state index in [0.29, 0.717) is 5.57 Å². The third-order valence-electron chi connectivity index (χ3n) is 2.95. The molecule has 0 aliphatic carbocycles. The Labute approximate surface area is 108 Å². The number of hydrogen-bond acceptors (Lipinski definition) is 2. The van der Waals surface area contributed by atoms with E-state index in [0.717, 1.165) is 11.3 Å². The Morgan fingerprint density at radius 1 is 1.26 bits per heavy atom. The standard InChI is InChI=1S/C14H10N2O3/c17-13-11(10-3-1-2-4-12(10)15-13)8-16-6-5-9(7-16)14(18)19/h1-8H,(H,15,17)(H,18,19). The third-order valence-corrected chi connectivity index (χ3v) is 2.95. The lowest BCUT2D eigenvalue weighted by Gasteiger charge is -1.98. The fourth-order valence-corrected chi connectivity index (χ4v) is 2.04. The van der Waals surface area contributed by atoms with E-state index in [1.807, 2.05) is 24.3 Å². The largest absolute Gasteiger partial charge is 0.478 e. The molecule has 1 aromatic heterocycles. The number of aromatic carboxylic acids is 1. The Morgan fingerprint density at radius 3 is 2.79 bits per heavy atom. The van der Waals surface area contributed by atoms with Crippen LogP contribution in [-0.2, 0) is 4.79 Å². The summed E-state index contributed by atoms with van der Waals surface area (Å²) in [6.07, 6.45) is 4.68. The van der Waals surface area contributed by atoms with E-state index in [1.165, 1.54) is 12.3 Å². The molecule has 1 aliphatic rings. The zero-order chi connectivity index (χ0) is 13.4. The maximum absolute atomic E-state index is 11.9. The summed E-state index contributed by atoms with van der Waals surface area (Å²) in [5.74, 6) is -1.18. The number of hydrogen-bond donors (Lipinski definition) is 2. The molecular weight excluding hydrogens is 244 g/mol. The molecular formula is C14H10N2O3. The maximum atomic E-state index is 11.9. The molecule has 2 N–H and O–H groups in total. The minimum Gasteiger partial charge on any atom is -0.478 e. The second kappa shape index (κ2) is 4.13. The highest BCUT2D eigenvalue weighted by atomic mass is 16.4. The molecule has 5 nitrogen and oxygen atoms in total. The Morgan fingerprint density at radius 2 is 2.05 bits per heavy atom.